The molecule has 0 saturated carbocycles. The van der Waals surface area contributed by atoms with Gasteiger partial charge in [0.1, 0.15) is 5.76 Å². The molecule has 0 spiro atoms. The van der Waals surface area contributed by atoms with E-state index in [2.05, 4.69) is 28.3 Å². The van der Waals surface area contributed by atoms with Crippen LogP contribution in [-0.4, -0.2) is 24.0 Å². The Hall–Kier alpha value is -1.65. The first-order valence-corrected chi connectivity index (χ1v) is 6.07. The number of rotatable bonds is 6. The number of hydrogen-bond donors (Lipinski definition) is 1. The van der Waals surface area contributed by atoms with E-state index in [4.69, 9.17) is 4.42 Å². The zero-order chi connectivity index (χ0) is 12.8. The summed E-state index contributed by atoms with van der Waals surface area (Å²) in [5.41, 5.74) is 2.43. The molecule has 0 unspecified atom stereocenters. The fourth-order valence-corrected chi connectivity index (χ4v) is 1.96. The van der Waals surface area contributed by atoms with Crippen LogP contribution in [0.4, 0.5) is 0 Å². The molecule has 0 aromatic carbocycles. The van der Waals surface area contributed by atoms with Crippen LogP contribution in [0.1, 0.15) is 16.9 Å². The van der Waals surface area contributed by atoms with Gasteiger partial charge in [-0.25, -0.2) is 0 Å². The van der Waals surface area contributed by atoms with Gasteiger partial charge in [-0.3, -0.25) is 9.88 Å². The van der Waals surface area contributed by atoms with Crippen LogP contribution < -0.4 is 5.32 Å². The van der Waals surface area contributed by atoms with Gasteiger partial charge in [0.05, 0.1) is 12.8 Å². The highest BCUT2D eigenvalue weighted by atomic mass is 16.3. The number of pyridine rings is 1. The van der Waals surface area contributed by atoms with Crippen molar-refractivity contribution in [2.24, 2.45) is 0 Å². The van der Waals surface area contributed by atoms with Gasteiger partial charge in [0.2, 0.25) is 0 Å². The van der Waals surface area contributed by atoms with Crippen LogP contribution in [0.5, 0.6) is 0 Å². The molecule has 96 valence electrons. The van der Waals surface area contributed by atoms with Crippen LogP contribution in [0.25, 0.3) is 0 Å². The van der Waals surface area contributed by atoms with Crippen molar-refractivity contribution in [3.63, 3.8) is 0 Å². The van der Waals surface area contributed by atoms with Gasteiger partial charge in [0.25, 0.3) is 0 Å². The Kier molecular flexibility index (Phi) is 4.50. The Morgan fingerprint density at radius 1 is 1.33 bits per heavy atom. The van der Waals surface area contributed by atoms with Gasteiger partial charge in [0.15, 0.2) is 0 Å². The first-order chi connectivity index (χ1) is 8.79. The highest BCUT2D eigenvalue weighted by Crippen LogP contribution is 2.13. The average Bonchev–Trinajstić information content (AvgIpc) is 2.78. The SMILES string of the molecule is CNCc1ccoc1CN(C)Cc1cccnc1. The van der Waals surface area contributed by atoms with Crippen molar-refractivity contribution < 1.29 is 4.42 Å². The zero-order valence-electron chi connectivity index (χ0n) is 10.9. The molecule has 4 heteroatoms. The first kappa shape index (κ1) is 12.8. The third-order valence-electron chi connectivity index (χ3n) is 2.79. The summed E-state index contributed by atoms with van der Waals surface area (Å²) in [5, 5.41) is 3.14. The highest BCUT2D eigenvalue weighted by molar-refractivity contribution is 5.17. The zero-order valence-corrected chi connectivity index (χ0v) is 10.9. The van der Waals surface area contributed by atoms with Crippen molar-refractivity contribution >= 4 is 0 Å². The number of nitrogens with zero attached hydrogens (tertiary/aromatic N) is 2. The van der Waals surface area contributed by atoms with Gasteiger partial charge in [-0.1, -0.05) is 6.07 Å². The summed E-state index contributed by atoms with van der Waals surface area (Å²) in [6.07, 6.45) is 5.44. The predicted molar refractivity (Wildman–Crippen MR) is 70.9 cm³/mol. The average molecular weight is 245 g/mol. The van der Waals surface area contributed by atoms with E-state index in [9.17, 15) is 0 Å². The van der Waals surface area contributed by atoms with E-state index < -0.39 is 0 Å². The number of aromatic nitrogens is 1. The molecule has 0 radical (unpaired) electrons. The third-order valence-corrected chi connectivity index (χ3v) is 2.79. The van der Waals surface area contributed by atoms with Crippen molar-refractivity contribution in [1.29, 1.82) is 0 Å². The maximum Gasteiger partial charge on any atom is 0.122 e. The third kappa shape index (κ3) is 3.42. The van der Waals surface area contributed by atoms with Crippen molar-refractivity contribution in [2.45, 2.75) is 19.6 Å². The van der Waals surface area contributed by atoms with Crippen LogP contribution in [-0.2, 0) is 19.6 Å². The largest absolute Gasteiger partial charge is 0.468 e. The van der Waals surface area contributed by atoms with Gasteiger partial charge in [0, 0.05) is 31.0 Å². The van der Waals surface area contributed by atoms with Crippen LogP contribution in [0, 0.1) is 0 Å². The molecule has 0 aliphatic carbocycles. The van der Waals surface area contributed by atoms with E-state index in [1.54, 1.807) is 12.5 Å². The molecule has 0 saturated heterocycles. The van der Waals surface area contributed by atoms with E-state index in [0.717, 1.165) is 25.4 Å². The molecule has 4 nitrogen and oxygen atoms in total. The summed E-state index contributed by atoms with van der Waals surface area (Å²) < 4.78 is 5.53. The lowest BCUT2D eigenvalue weighted by Crippen LogP contribution is -2.18. The van der Waals surface area contributed by atoms with Crippen LogP contribution in [0.2, 0.25) is 0 Å². The lowest BCUT2D eigenvalue weighted by molar-refractivity contribution is 0.285. The Bertz CT molecular complexity index is 467. The highest BCUT2D eigenvalue weighted by Gasteiger charge is 2.09. The van der Waals surface area contributed by atoms with E-state index in [1.807, 2.05) is 25.4 Å². The maximum absolute atomic E-state index is 5.53. The topological polar surface area (TPSA) is 41.3 Å². The normalized spacial score (nSPS) is 11.1. The molecule has 18 heavy (non-hydrogen) atoms. The molecule has 0 atom stereocenters. The van der Waals surface area contributed by atoms with Gasteiger partial charge in [-0.2, -0.15) is 0 Å². The van der Waals surface area contributed by atoms with Crippen LogP contribution in [0.15, 0.2) is 41.3 Å². The van der Waals surface area contributed by atoms with Gasteiger partial charge >= 0.3 is 0 Å². The first-order valence-electron chi connectivity index (χ1n) is 6.07. The minimum absolute atomic E-state index is 0.804. The predicted octanol–water partition coefficient (Wildman–Crippen LogP) is 2.03. The second-order valence-electron chi connectivity index (χ2n) is 4.43. The Labute approximate surface area is 108 Å². The standard InChI is InChI=1S/C14H19N3O/c1-15-9-13-5-7-18-14(13)11-17(2)10-12-4-3-6-16-8-12/h3-8,15H,9-11H2,1-2H3. The van der Waals surface area contributed by atoms with E-state index in [1.165, 1.54) is 11.1 Å². The van der Waals surface area contributed by atoms with Gasteiger partial charge in [-0.05, 0) is 31.8 Å². The molecule has 0 bridgehead atoms. The lowest BCUT2D eigenvalue weighted by atomic mass is 10.2. The molecule has 2 aromatic heterocycles. The molecule has 2 heterocycles. The fourth-order valence-electron chi connectivity index (χ4n) is 1.96. The fraction of sp³-hybridized carbons (Fsp3) is 0.357. The molecule has 0 amide bonds. The summed E-state index contributed by atoms with van der Waals surface area (Å²) in [7, 11) is 4.02. The number of furan rings is 1. The molecule has 2 aromatic rings. The Morgan fingerprint density at radius 2 is 2.22 bits per heavy atom. The minimum Gasteiger partial charge on any atom is -0.468 e. The smallest absolute Gasteiger partial charge is 0.122 e. The summed E-state index contributed by atoms with van der Waals surface area (Å²) in [6, 6.07) is 6.06. The molecular formula is C14H19N3O. The van der Waals surface area contributed by atoms with E-state index >= 15 is 0 Å². The second kappa shape index (κ2) is 6.33. The van der Waals surface area contributed by atoms with Crippen molar-refractivity contribution in [2.75, 3.05) is 14.1 Å². The molecule has 0 aliphatic heterocycles. The van der Waals surface area contributed by atoms with Crippen molar-refractivity contribution in [1.82, 2.24) is 15.2 Å². The van der Waals surface area contributed by atoms with Gasteiger partial charge in [-0.15, -0.1) is 0 Å². The van der Waals surface area contributed by atoms with Crippen LogP contribution in [0.3, 0.4) is 0 Å². The molecule has 2 rings (SSSR count). The summed E-state index contributed by atoms with van der Waals surface area (Å²) in [6.45, 7) is 2.51. The monoisotopic (exact) mass is 245 g/mol. The summed E-state index contributed by atoms with van der Waals surface area (Å²) >= 11 is 0. The van der Waals surface area contributed by atoms with Crippen LogP contribution >= 0.6 is 0 Å². The minimum atomic E-state index is 0.804. The van der Waals surface area contributed by atoms with E-state index in [-0.39, 0.29) is 0 Å². The Balaban J connectivity index is 1.94. The summed E-state index contributed by atoms with van der Waals surface area (Å²) in [4.78, 5) is 6.34. The molecular weight excluding hydrogens is 226 g/mol. The molecule has 0 aliphatic rings. The van der Waals surface area contributed by atoms with E-state index in [0.29, 0.717) is 0 Å². The number of nitrogens with one attached hydrogen (secondary N) is 1. The molecule has 0 fully saturated rings. The number of hydrogen-bond acceptors (Lipinski definition) is 4. The van der Waals surface area contributed by atoms with Crippen molar-refractivity contribution in [3.05, 3.63) is 53.7 Å². The maximum atomic E-state index is 5.53. The molecule has 1 N–H and O–H groups in total. The Morgan fingerprint density at radius 3 is 2.94 bits per heavy atom. The van der Waals surface area contributed by atoms with Gasteiger partial charge < -0.3 is 9.73 Å². The van der Waals surface area contributed by atoms with Crippen molar-refractivity contribution in [3.8, 4) is 0 Å². The lowest BCUT2D eigenvalue weighted by Gasteiger charge is -2.15. The summed E-state index contributed by atoms with van der Waals surface area (Å²) in [5.74, 6) is 1.02. The second-order valence-corrected chi connectivity index (χ2v) is 4.43. The quantitative estimate of drug-likeness (QED) is 0.845.